The van der Waals surface area contributed by atoms with E-state index in [1.807, 2.05) is 0 Å². The van der Waals surface area contributed by atoms with Crippen molar-refractivity contribution in [1.82, 2.24) is 4.90 Å². The Bertz CT molecular complexity index is 318. The lowest BCUT2D eigenvalue weighted by Gasteiger charge is -2.24. The Hall–Kier alpha value is -0.470. The molecule has 0 fully saturated rings. The zero-order valence-corrected chi connectivity index (χ0v) is 12.4. The molecule has 17 heavy (non-hydrogen) atoms. The molecule has 96 valence electrons. The maximum Gasteiger partial charge on any atom is 0.0349 e. The molecule has 2 atom stereocenters. The van der Waals surface area contributed by atoms with Gasteiger partial charge in [-0.25, -0.2) is 0 Å². The second kappa shape index (κ2) is 7.07. The summed E-state index contributed by atoms with van der Waals surface area (Å²) >= 11 is 4.35. The fraction of sp³-hybridized carbons (Fsp3) is 0.600. The number of hydrogen-bond donors (Lipinski definition) is 1. The SMILES string of the molecule is CCC(C)c1ccc(C(CCS)N(C)C)cc1. The number of hydrogen-bond acceptors (Lipinski definition) is 2. The normalized spacial score (nSPS) is 14.9. The van der Waals surface area contributed by atoms with Gasteiger partial charge in [0.25, 0.3) is 0 Å². The van der Waals surface area contributed by atoms with Crippen LogP contribution in [0.3, 0.4) is 0 Å². The van der Waals surface area contributed by atoms with Crippen LogP contribution in [0.25, 0.3) is 0 Å². The van der Waals surface area contributed by atoms with E-state index in [0.29, 0.717) is 12.0 Å². The van der Waals surface area contributed by atoms with Crippen LogP contribution in [0, 0.1) is 0 Å². The molecule has 0 saturated heterocycles. The van der Waals surface area contributed by atoms with Gasteiger partial charge in [-0.15, -0.1) is 0 Å². The fourth-order valence-electron chi connectivity index (χ4n) is 2.13. The molecule has 1 rings (SSSR count). The molecule has 0 bridgehead atoms. The largest absolute Gasteiger partial charge is 0.302 e. The van der Waals surface area contributed by atoms with Crippen LogP contribution in [0.5, 0.6) is 0 Å². The first-order valence-corrected chi connectivity index (χ1v) is 7.10. The fourth-order valence-corrected chi connectivity index (χ4v) is 2.37. The lowest BCUT2D eigenvalue weighted by atomic mass is 9.95. The van der Waals surface area contributed by atoms with Crippen LogP contribution in [0.4, 0.5) is 0 Å². The van der Waals surface area contributed by atoms with Gasteiger partial charge in [0.05, 0.1) is 0 Å². The van der Waals surface area contributed by atoms with Gasteiger partial charge < -0.3 is 4.90 Å². The Morgan fingerprint density at radius 1 is 1.12 bits per heavy atom. The number of benzene rings is 1. The summed E-state index contributed by atoms with van der Waals surface area (Å²) in [5, 5.41) is 0. The minimum absolute atomic E-state index is 0.485. The second-order valence-electron chi connectivity index (χ2n) is 4.97. The van der Waals surface area contributed by atoms with E-state index in [1.165, 1.54) is 17.5 Å². The molecule has 0 aromatic heterocycles. The summed E-state index contributed by atoms with van der Waals surface area (Å²) < 4.78 is 0. The Balaban J connectivity index is 2.84. The van der Waals surface area contributed by atoms with Gasteiger partial charge in [-0.3, -0.25) is 0 Å². The molecule has 1 aromatic carbocycles. The minimum atomic E-state index is 0.485. The summed E-state index contributed by atoms with van der Waals surface area (Å²) in [4.78, 5) is 2.27. The zero-order chi connectivity index (χ0) is 12.8. The Morgan fingerprint density at radius 2 is 1.65 bits per heavy atom. The summed E-state index contributed by atoms with van der Waals surface area (Å²) in [5.74, 6) is 1.59. The summed E-state index contributed by atoms with van der Waals surface area (Å²) in [6.45, 7) is 4.52. The number of rotatable bonds is 6. The predicted octanol–water partition coefficient (Wildman–Crippen LogP) is 4.12. The number of thiol groups is 1. The van der Waals surface area contributed by atoms with E-state index in [4.69, 9.17) is 0 Å². The first kappa shape index (κ1) is 14.6. The molecule has 0 aliphatic carbocycles. The van der Waals surface area contributed by atoms with Crippen molar-refractivity contribution >= 4 is 12.6 Å². The highest BCUT2D eigenvalue weighted by atomic mass is 32.1. The standard InChI is InChI=1S/C15H25NS/c1-5-12(2)13-6-8-14(9-7-13)15(10-11-17)16(3)4/h6-9,12,15,17H,5,10-11H2,1-4H3. The van der Waals surface area contributed by atoms with Crippen LogP contribution in [-0.4, -0.2) is 24.7 Å². The monoisotopic (exact) mass is 251 g/mol. The predicted molar refractivity (Wildman–Crippen MR) is 80.0 cm³/mol. The molecule has 2 heteroatoms. The molecule has 0 aliphatic heterocycles. The van der Waals surface area contributed by atoms with Crippen molar-refractivity contribution in [2.45, 2.75) is 38.6 Å². The van der Waals surface area contributed by atoms with Crippen molar-refractivity contribution in [2.24, 2.45) is 0 Å². The van der Waals surface area contributed by atoms with E-state index in [2.05, 4.69) is 69.7 Å². The highest BCUT2D eigenvalue weighted by molar-refractivity contribution is 7.80. The Morgan fingerprint density at radius 3 is 2.06 bits per heavy atom. The molecule has 0 amide bonds. The molecule has 0 spiro atoms. The topological polar surface area (TPSA) is 3.24 Å². The molecule has 0 aliphatic rings. The molecule has 2 unspecified atom stereocenters. The average molecular weight is 251 g/mol. The van der Waals surface area contributed by atoms with Gasteiger partial charge in [0.2, 0.25) is 0 Å². The first-order chi connectivity index (χ1) is 8.10. The van der Waals surface area contributed by atoms with E-state index < -0.39 is 0 Å². The van der Waals surface area contributed by atoms with Gasteiger partial charge in [-0.2, -0.15) is 12.6 Å². The Labute approximate surface area is 112 Å². The van der Waals surface area contributed by atoms with Crippen molar-refractivity contribution in [3.8, 4) is 0 Å². The Kier molecular flexibility index (Phi) is 6.07. The van der Waals surface area contributed by atoms with E-state index in [0.717, 1.165) is 12.2 Å². The molecule has 0 radical (unpaired) electrons. The van der Waals surface area contributed by atoms with Crippen LogP contribution >= 0.6 is 12.6 Å². The highest BCUT2D eigenvalue weighted by Gasteiger charge is 2.13. The maximum atomic E-state index is 4.35. The molecule has 0 heterocycles. The van der Waals surface area contributed by atoms with Crippen molar-refractivity contribution < 1.29 is 0 Å². The minimum Gasteiger partial charge on any atom is -0.302 e. The molecule has 1 aromatic rings. The number of nitrogens with zero attached hydrogens (tertiary/aromatic N) is 1. The molecular formula is C15H25NS. The van der Waals surface area contributed by atoms with Gasteiger partial charge in [-0.1, -0.05) is 38.1 Å². The molecule has 0 N–H and O–H groups in total. The summed E-state index contributed by atoms with van der Waals surface area (Å²) in [6.07, 6.45) is 2.30. The highest BCUT2D eigenvalue weighted by Crippen LogP contribution is 2.25. The molecular weight excluding hydrogens is 226 g/mol. The third-order valence-corrected chi connectivity index (χ3v) is 3.79. The molecule has 1 nitrogen and oxygen atoms in total. The summed E-state index contributed by atoms with van der Waals surface area (Å²) in [7, 11) is 4.27. The molecule has 0 saturated carbocycles. The average Bonchev–Trinajstić information content (AvgIpc) is 2.35. The van der Waals surface area contributed by atoms with E-state index >= 15 is 0 Å². The van der Waals surface area contributed by atoms with Crippen LogP contribution in [0.15, 0.2) is 24.3 Å². The van der Waals surface area contributed by atoms with E-state index in [1.54, 1.807) is 0 Å². The second-order valence-corrected chi connectivity index (χ2v) is 5.41. The van der Waals surface area contributed by atoms with Crippen LogP contribution < -0.4 is 0 Å². The zero-order valence-electron chi connectivity index (χ0n) is 11.5. The van der Waals surface area contributed by atoms with Crippen LogP contribution in [-0.2, 0) is 0 Å². The quantitative estimate of drug-likeness (QED) is 0.744. The van der Waals surface area contributed by atoms with Gasteiger partial charge in [-0.05, 0) is 49.7 Å². The van der Waals surface area contributed by atoms with Crippen molar-refractivity contribution in [1.29, 1.82) is 0 Å². The lowest BCUT2D eigenvalue weighted by molar-refractivity contribution is 0.293. The first-order valence-electron chi connectivity index (χ1n) is 6.47. The third kappa shape index (κ3) is 4.04. The summed E-state index contributed by atoms with van der Waals surface area (Å²) in [6, 6.07) is 9.58. The van der Waals surface area contributed by atoms with Crippen LogP contribution in [0.1, 0.15) is 49.8 Å². The summed E-state index contributed by atoms with van der Waals surface area (Å²) in [5.41, 5.74) is 2.84. The van der Waals surface area contributed by atoms with Crippen molar-refractivity contribution in [2.75, 3.05) is 19.8 Å². The van der Waals surface area contributed by atoms with Gasteiger partial charge in [0, 0.05) is 6.04 Å². The lowest BCUT2D eigenvalue weighted by Crippen LogP contribution is -2.20. The van der Waals surface area contributed by atoms with Crippen molar-refractivity contribution in [3.05, 3.63) is 35.4 Å². The van der Waals surface area contributed by atoms with Gasteiger partial charge in [0.1, 0.15) is 0 Å². The van der Waals surface area contributed by atoms with Gasteiger partial charge in [0.15, 0.2) is 0 Å². The van der Waals surface area contributed by atoms with Crippen LogP contribution in [0.2, 0.25) is 0 Å². The van der Waals surface area contributed by atoms with Crippen molar-refractivity contribution in [3.63, 3.8) is 0 Å². The van der Waals surface area contributed by atoms with Gasteiger partial charge >= 0.3 is 0 Å². The third-order valence-electron chi connectivity index (χ3n) is 3.53. The van der Waals surface area contributed by atoms with E-state index in [-0.39, 0.29) is 0 Å². The maximum absolute atomic E-state index is 4.35. The van der Waals surface area contributed by atoms with E-state index in [9.17, 15) is 0 Å². The smallest absolute Gasteiger partial charge is 0.0349 e.